The summed E-state index contributed by atoms with van der Waals surface area (Å²) >= 11 is 0. The van der Waals surface area contributed by atoms with Crippen molar-refractivity contribution in [3.05, 3.63) is 24.3 Å². The van der Waals surface area contributed by atoms with Gasteiger partial charge in [-0.2, -0.15) is 0 Å². The van der Waals surface area contributed by atoms with E-state index in [1.165, 1.54) is 6.42 Å². The van der Waals surface area contributed by atoms with Gasteiger partial charge in [0.2, 0.25) is 5.91 Å². The van der Waals surface area contributed by atoms with Gasteiger partial charge >= 0.3 is 0 Å². The fourth-order valence-corrected chi connectivity index (χ4v) is 4.17. The van der Waals surface area contributed by atoms with Crippen molar-refractivity contribution in [1.29, 1.82) is 0 Å². The summed E-state index contributed by atoms with van der Waals surface area (Å²) in [7, 11) is 3.48. The molecule has 6 heteroatoms. The van der Waals surface area contributed by atoms with E-state index in [1.807, 2.05) is 0 Å². The molecule has 6 nitrogen and oxygen atoms in total. The third-order valence-electron chi connectivity index (χ3n) is 5.35. The Morgan fingerprint density at radius 2 is 1.92 bits per heavy atom. The first-order chi connectivity index (χ1) is 11.6. The smallest absolute Gasteiger partial charge is 0.254 e. The second kappa shape index (κ2) is 6.87. The summed E-state index contributed by atoms with van der Waals surface area (Å²) in [6.45, 7) is 0.617. The molecule has 1 atom stereocenters. The Balaban J connectivity index is 2.00. The number of carbonyl (C=O) groups is 2. The monoisotopic (exact) mass is 330 g/mol. The van der Waals surface area contributed by atoms with E-state index in [0.717, 1.165) is 32.1 Å². The van der Waals surface area contributed by atoms with E-state index in [2.05, 4.69) is 9.97 Å². The van der Waals surface area contributed by atoms with Crippen LogP contribution in [0.4, 0.5) is 0 Å². The van der Waals surface area contributed by atoms with Crippen molar-refractivity contribution in [1.82, 2.24) is 19.8 Å². The quantitative estimate of drug-likeness (QED) is 0.850. The Labute approximate surface area is 143 Å². The molecular weight excluding hydrogens is 304 g/mol. The third-order valence-corrected chi connectivity index (χ3v) is 5.35. The highest BCUT2D eigenvalue weighted by atomic mass is 16.2. The predicted molar refractivity (Wildman–Crippen MR) is 89.9 cm³/mol. The molecule has 0 radical (unpaired) electrons. The van der Waals surface area contributed by atoms with E-state index >= 15 is 0 Å². The molecule has 0 N–H and O–H groups in total. The molecule has 1 saturated heterocycles. The highest BCUT2D eigenvalue weighted by molar-refractivity contribution is 5.93. The second-order valence-corrected chi connectivity index (χ2v) is 7.08. The summed E-state index contributed by atoms with van der Waals surface area (Å²) in [5, 5.41) is 0. The van der Waals surface area contributed by atoms with Gasteiger partial charge in [0.1, 0.15) is 0 Å². The Bertz CT molecular complexity index is 598. The number of aromatic nitrogens is 2. The number of hydrogen-bond acceptors (Lipinski definition) is 4. The van der Waals surface area contributed by atoms with Crippen LogP contribution in [0.5, 0.6) is 0 Å². The van der Waals surface area contributed by atoms with Crippen molar-refractivity contribution in [2.75, 3.05) is 20.6 Å². The van der Waals surface area contributed by atoms with E-state index in [1.54, 1.807) is 42.5 Å². The maximum atomic E-state index is 13.2. The highest BCUT2D eigenvalue weighted by Gasteiger charge is 2.53. The predicted octanol–water partition coefficient (Wildman–Crippen LogP) is 1.96. The van der Waals surface area contributed by atoms with Gasteiger partial charge in [-0.1, -0.05) is 19.3 Å². The van der Waals surface area contributed by atoms with E-state index in [9.17, 15) is 9.59 Å². The summed E-state index contributed by atoms with van der Waals surface area (Å²) in [5.74, 6) is 0.0839. The zero-order valence-electron chi connectivity index (χ0n) is 14.6. The van der Waals surface area contributed by atoms with Crippen LogP contribution in [0.25, 0.3) is 0 Å². The fourth-order valence-electron chi connectivity index (χ4n) is 4.17. The SMILES string of the molecule is CN(C)C(=O)[C@@]1(c2cnccn2)CCCN1C(=O)C1CCCCC1. The largest absolute Gasteiger partial charge is 0.346 e. The van der Waals surface area contributed by atoms with Gasteiger partial charge in [0.05, 0.1) is 11.9 Å². The molecule has 2 fully saturated rings. The number of amides is 2. The molecule has 1 aromatic heterocycles. The van der Waals surface area contributed by atoms with Gasteiger partial charge in [-0.15, -0.1) is 0 Å². The zero-order valence-corrected chi connectivity index (χ0v) is 14.6. The maximum Gasteiger partial charge on any atom is 0.254 e. The molecule has 1 aliphatic heterocycles. The average molecular weight is 330 g/mol. The molecule has 2 amide bonds. The highest BCUT2D eigenvalue weighted by Crippen LogP contribution is 2.41. The minimum absolute atomic E-state index is 0.0443. The van der Waals surface area contributed by atoms with Gasteiger partial charge in [0.25, 0.3) is 5.91 Å². The lowest BCUT2D eigenvalue weighted by Gasteiger charge is -2.40. The van der Waals surface area contributed by atoms with E-state index in [0.29, 0.717) is 18.7 Å². The summed E-state index contributed by atoms with van der Waals surface area (Å²) < 4.78 is 0. The molecule has 0 unspecified atom stereocenters. The molecule has 3 rings (SSSR count). The minimum Gasteiger partial charge on any atom is -0.346 e. The van der Waals surface area contributed by atoms with Crippen molar-refractivity contribution in [3.8, 4) is 0 Å². The molecule has 1 aliphatic carbocycles. The Morgan fingerprint density at radius 1 is 1.17 bits per heavy atom. The van der Waals surface area contributed by atoms with Gasteiger partial charge in [-0.05, 0) is 25.7 Å². The average Bonchev–Trinajstić information content (AvgIpc) is 3.07. The third kappa shape index (κ3) is 2.78. The molecule has 1 aromatic rings. The normalized spacial score (nSPS) is 24.8. The number of carbonyl (C=O) groups excluding carboxylic acids is 2. The first-order valence-corrected chi connectivity index (χ1v) is 8.87. The first-order valence-electron chi connectivity index (χ1n) is 8.87. The Kier molecular flexibility index (Phi) is 4.83. The summed E-state index contributed by atoms with van der Waals surface area (Å²) in [6, 6.07) is 0. The van der Waals surface area contributed by atoms with Gasteiger partial charge in [0, 0.05) is 39.0 Å². The van der Waals surface area contributed by atoms with Gasteiger partial charge < -0.3 is 9.80 Å². The lowest BCUT2D eigenvalue weighted by Crippen LogP contribution is -2.56. The molecule has 0 bridgehead atoms. The van der Waals surface area contributed by atoms with Gasteiger partial charge in [0.15, 0.2) is 5.54 Å². The number of rotatable bonds is 3. The topological polar surface area (TPSA) is 66.4 Å². The zero-order chi connectivity index (χ0) is 17.2. The van der Waals surface area contributed by atoms with Crippen LogP contribution < -0.4 is 0 Å². The number of nitrogens with zero attached hydrogens (tertiary/aromatic N) is 4. The molecule has 1 saturated carbocycles. The van der Waals surface area contributed by atoms with Crippen LogP contribution in [0.1, 0.15) is 50.6 Å². The number of likely N-dealkylation sites (tertiary alicyclic amines) is 1. The van der Waals surface area contributed by atoms with E-state index in [4.69, 9.17) is 0 Å². The Hall–Kier alpha value is -1.98. The number of hydrogen-bond donors (Lipinski definition) is 0. The van der Waals surface area contributed by atoms with Crippen LogP contribution in [0.15, 0.2) is 18.6 Å². The van der Waals surface area contributed by atoms with Crippen molar-refractivity contribution in [2.24, 2.45) is 5.92 Å². The lowest BCUT2D eigenvalue weighted by molar-refractivity contribution is -0.153. The van der Waals surface area contributed by atoms with Crippen molar-refractivity contribution in [2.45, 2.75) is 50.5 Å². The van der Waals surface area contributed by atoms with Gasteiger partial charge in [-0.3, -0.25) is 19.6 Å². The summed E-state index contributed by atoms with van der Waals surface area (Å²) in [4.78, 5) is 38.3. The van der Waals surface area contributed by atoms with Crippen LogP contribution in [0.2, 0.25) is 0 Å². The molecule has 2 aliphatic rings. The van der Waals surface area contributed by atoms with Crippen LogP contribution in [0, 0.1) is 5.92 Å². The molecule has 24 heavy (non-hydrogen) atoms. The lowest BCUT2D eigenvalue weighted by atomic mass is 9.85. The van der Waals surface area contributed by atoms with Crippen LogP contribution >= 0.6 is 0 Å². The standard InChI is InChI=1S/C18H26N4O2/c1-21(2)17(24)18(15-13-19-10-11-20-15)9-6-12-22(18)16(23)14-7-4-3-5-8-14/h10-11,13-14H,3-9,12H2,1-2H3/t18-/m0/s1. The molecule has 0 aromatic carbocycles. The maximum absolute atomic E-state index is 13.2. The van der Waals surface area contributed by atoms with E-state index < -0.39 is 5.54 Å². The molecule has 130 valence electrons. The summed E-state index contributed by atoms with van der Waals surface area (Å²) in [5.41, 5.74) is -0.405. The van der Waals surface area contributed by atoms with Crippen molar-refractivity contribution < 1.29 is 9.59 Å². The minimum atomic E-state index is -0.994. The molecule has 2 heterocycles. The second-order valence-electron chi connectivity index (χ2n) is 7.08. The van der Waals surface area contributed by atoms with Crippen molar-refractivity contribution >= 4 is 11.8 Å². The fraction of sp³-hybridized carbons (Fsp3) is 0.667. The Morgan fingerprint density at radius 3 is 2.54 bits per heavy atom. The van der Waals surface area contributed by atoms with E-state index in [-0.39, 0.29) is 17.7 Å². The van der Waals surface area contributed by atoms with Crippen molar-refractivity contribution in [3.63, 3.8) is 0 Å². The first kappa shape index (κ1) is 16.9. The molecular formula is C18H26N4O2. The summed E-state index contributed by atoms with van der Waals surface area (Å²) in [6.07, 6.45) is 11.5. The van der Waals surface area contributed by atoms with Crippen LogP contribution in [-0.4, -0.2) is 52.2 Å². The van der Waals surface area contributed by atoms with Crippen LogP contribution in [-0.2, 0) is 15.1 Å². The number of likely N-dealkylation sites (N-methyl/N-ethyl adjacent to an activating group) is 1. The van der Waals surface area contributed by atoms with Gasteiger partial charge in [-0.25, -0.2) is 0 Å². The van der Waals surface area contributed by atoms with Crippen LogP contribution in [0.3, 0.4) is 0 Å². The molecule has 0 spiro atoms.